The molecule has 0 aliphatic carbocycles. The molecule has 0 fully saturated rings. The Morgan fingerprint density at radius 1 is 1.32 bits per heavy atom. The number of nitrogens with two attached hydrogens (primary N) is 1. The highest BCUT2D eigenvalue weighted by Gasteiger charge is 2.26. The van der Waals surface area contributed by atoms with E-state index in [9.17, 15) is 0 Å². The average Bonchev–Trinajstić information content (AvgIpc) is 2.78. The van der Waals surface area contributed by atoms with Gasteiger partial charge in [-0.05, 0) is 24.0 Å². The first-order chi connectivity index (χ1) is 8.93. The van der Waals surface area contributed by atoms with Crippen molar-refractivity contribution in [2.45, 2.75) is 40.2 Å². The summed E-state index contributed by atoms with van der Waals surface area (Å²) < 4.78 is 11.6. The summed E-state index contributed by atoms with van der Waals surface area (Å²) in [6, 6.07) is 7.84. The molecule has 1 unspecified atom stereocenters. The molecule has 3 nitrogen and oxygen atoms in total. The van der Waals surface area contributed by atoms with Crippen LogP contribution in [0.1, 0.15) is 45.9 Å². The highest BCUT2D eigenvalue weighted by molar-refractivity contribution is 5.83. The van der Waals surface area contributed by atoms with Gasteiger partial charge in [-0.1, -0.05) is 39.8 Å². The Morgan fingerprint density at radius 3 is 2.68 bits per heavy atom. The predicted octanol–water partition coefficient (Wildman–Crippen LogP) is 4.27. The smallest absolute Gasteiger partial charge is 0.176 e. The number of para-hydroxylation sites is 1. The quantitative estimate of drug-likeness (QED) is 0.894. The van der Waals surface area contributed by atoms with Crippen molar-refractivity contribution >= 4 is 11.0 Å². The van der Waals surface area contributed by atoms with Crippen LogP contribution in [0.15, 0.2) is 28.7 Å². The Hall–Kier alpha value is -1.48. The molecule has 1 heterocycles. The minimum Gasteiger partial charge on any atom is -0.490 e. The minimum atomic E-state index is -0.126. The summed E-state index contributed by atoms with van der Waals surface area (Å²) in [6.07, 6.45) is 0.978. The van der Waals surface area contributed by atoms with E-state index in [0.29, 0.717) is 6.61 Å². The number of rotatable bonds is 4. The first kappa shape index (κ1) is 13.9. The van der Waals surface area contributed by atoms with E-state index in [1.54, 1.807) is 0 Å². The van der Waals surface area contributed by atoms with Crippen molar-refractivity contribution in [1.29, 1.82) is 0 Å². The fourth-order valence-electron chi connectivity index (χ4n) is 1.96. The molecule has 0 aliphatic heterocycles. The topological polar surface area (TPSA) is 48.4 Å². The number of furan rings is 1. The zero-order valence-corrected chi connectivity index (χ0v) is 12.2. The molecule has 3 heteroatoms. The highest BCUT2D eigenvalue weighted by atomic mass is 16.5. The van der Waals surface area contributed by atoms with Crippen molar-refractivity contribution in [1.82, 2.24) is 0 Å². The normalized spacial score (nSPS) is 13.7. The third-order valence-electron chi connectivity index (χ3n) is 3.23. The van der Waals surface area contributed by atoms with Gasteiger partial charge < -0.3 is 14.9 Å². The van der Waals surface area contributed by atoms with Gasteiger partial charge in [-0.15, -0.1) is 0 Å². The van der Waals surface area contributed by atoms with E-state index in [2.05, 4.69) is 27.7 Å². The highest BCUT2D eigenvalue weighted by Crippen LogP contribution is 2.36. The van der Waals surface area contributed by atoms with Gasteiger partial charge in [-0.3, -0.25) is 0 Å². The molecule has 0 saturated carbocycles. The molecule has 1 aromatic carbocycles. The SMILES string of the molecule is CCCOc1cccc2cc(C(N)C(C)(C)C)oc12. The van der Waals surface area contributed by atoms with Gasteiger partial charge in [0.05, 0.1) is 12.6 Å². The van der Waals surface area contributed by atoms with Gasteiger partial charge in [0.25, 0.3) is 0 Å². The van der Waals surface area contributed by atoms with Gasteiger partial charge in [-0.2, -0.15) is 0 Å². The maximum atomic E-state index is 6.25. The van der Waals surface area contributed by atoms with Crippen molar-refractivity contribution < 1.29 is 9.15 Å². The van der Waals surface area contributed by atoms with E-state index in [1.807, 2.05) is 24.3 Å². The van der Waals surface area contributed by atoms with Crippen molar-refractivity contribution in [3.05, 3.63) is 30.0 Å². The molecule has 19 heavy (non-hydrogen) atoms. The van der Waals surface area contributed by atoms with Gasteiger partial charge in [0.1, 0.15) is 5.76 Å². The van der Waals surface area contributed by atoms with Gasteiger partial charge in [0.15, 0.2) is 11.3 Å². The van der Waals surface area contributed by atoms with Gasteiger partial charge in [0.2, 0.25) is 0 Å². The third kappa shape index (κ3) is 2.92. The Morgan fingerprint density at radius 2 is 2.05 bits per heavy atom. The summed E-state index contributed by atoms with van der Waals surface area (Å²) in [6.45, 7) is 9.11. The van der Waals surface area contributed by atoms with Crippen LogP contribution in [-0.4, -0.2) is 6.61 Å². The molecule has 2 rings (SSSR count). The van der Waals surface area contributed by atoms with E-state index >= 15 is 0 Å². The van der Waals surface area contributed by atoms with Crippen LogP contribution < -0.4 is 10.5 Å². The molecule has 104 valence electrons. The summed E-state index contributed by atoms with van der Waals surface area (Å²) in [5.41, 5.74) is 7.02. The van der Waals surface area contributed by atoms with Crippen molar-refractivity contribution in [3.63, 3.8) is 0 Å². The van der Waals surface area contributed by atoms with Gasteiger partial charge in [0, 0.05) is 5.39 Å². The van der Waals surface area contributed by atoms with E-state index in [4.69, 9.17) is 14.9 Å². The van der Waals surface area contributed by atoms with Gasteiger partial charge in [-0.25, -0.2) is 0 Å². The third-order valence-corrected chi connectivity index (χ3v) is 3.23. The van der Waals surface area contributed by atoms with E-state index in [0.717, 1.165) is 28.9 Å². The summed E-state index contributed by atoms with van der Waals surface area (Å²) in [5, 5.41) is 1.04. The first-order valence-electron chi connectivity index (χ1n) is 6.84. The molecule has 0 bridgehead atoms. The largest absolute Gasteiger partial charge is 0.490 e. The van der Waals surface area contributed by atoms with Crippen LogP contribution in [0.2, 0.25) is 0 Å². The molecule has 0 spiro atoms. The number of hydrogen-bond acceptors (Lipinski definition) is 3. The molecule has 1 aromatic heterocycles. The van der Waals surface area contributed by atoms with Crippen molar-refractivity contribution in [3.8, 4) is 5.75 Å². The second-order valence-corrected chi connectivity index (χ2v) is 6.02. The van der Waals surface area contributed by atoms with Crippen molar-refractivity contribution in [2.75, 3.05) is 6.61 Å². The lowest BCUT2D eigenvalue weighted by Crippen LogP contribution is -2.25. The molecule has 2 aromatic rings. The van der Waals surface area contributed by atoms with Crippen LogP contribution >= 0.6 is 0 Å². The lowest BCUT2D eigenvalue weighted by atomic mass is 9.86. The number of benzene rings is 1. The maximum Gasteiger partial charge on any atom is 0.176 e. The summed E-state index contributed by atoms with van der Waals surface area (Å²) in [7, 11) is 0. The molecular weight excluding hydrogens is 238 g/mol. The fraction of sp³-hybridized carbons (Fsp3) is 0.500. The zero-order valence-electron chi connectivity index (χ0n) is 12.2. The van der Waals surface area contributed by atoms with E-state index in [-0.39, 0.29) is 11.5 Å². The molecule has 2 N–H and O–H groups in total. The average molecular weight is 261 g/mol. The standard InChI is InChI=1S/C16H23NO2/c1-5-9-18-12-8-6-7-11-10-13(19-14(11)12)15(17)16(2,3)4/h6-8,10,15H,5,9,17H2,1-4H3. The summed E-state index contributed by atoms with van der Waals surface area (Å²) in [5.74, 6) is 1.61. The maximum absolute atomic E-state index is 6.25. The van der Waals surface area contributed by atoms with Crippen LogP contribution in [0, 0.1) is 5.41 Å². The zero-order chi connectivity index (χ0) is 14.0. The Bertz CT molecular complexity index is 551. The number of ether oxygens (including phenoxy) is 1. The molecule has 0 saturated heterocycles. The molecule has 1 atom stereocenters. The lowest BCUT2D eigenvalue weighted by molar-refractivity contribution is 0.285. The predicted molar refractivity (Wildman–Crippen MR) is 78.4 cm³/mol. The fourth-order valence-corrected chi connectivity index (χ4v) is 1.96. The van der Waals surface area contributed by atoms with Crippen LogP contribution in [0.5, 0.6) is 5.75 Å². The monoisotopic (exact) mass is 261 g/mol. The molecular formula is C16H23NO2. The second kappa shape index (κ2) is 5.25. The molecule has 0 radical (unpaired) electrons. The van der Waals surface area contributed by atoms with Crippen molar-refractivity contribution in [2.24, 2.45) is 11.1 Å². The van der Waals surface area contributed by atoms with Crippen LogP contribution in [0.4, 0.5) is 0 Å². The van der Waals surface area contributed by atoms with Crippen LogP contribution in [0.25, 0.3) is 11.0 Å². The summed E-state index contributed by atoms with van der Waals surface area (Å²) >= 11 is 0. The lowest BCUT2D eigenvalue weighted by Gasteiger charge is -2.24. The Kier molecular flexibility index (Phi) is 3.85. The minimum absolute atomic E-state index is 0.0294. The Labute approximate surface area is 114 Å². The number of hydrogen-bond donors (Lipinski definition) is 1. The Balaban J connectivity index is 2.40. The van der Waals surface area contributed by atoms with Crippen LogP contribution in [0.3, 0.4) is 0 Å². The van der Waals surface area contributed by atoms with E-state index in [1.165, 1.54) is 0 Å². The number of fused-ring (bicyclic) bond motifs is 1. The molecule has 0 aliphatic rings. The van der Waals surface area contributed by atoms with E-state index < -0.39 is 0 Å². The second-order valence-electron chi connectivity index (χ2n) is 6.02. The summed E-state index contributed by atoms with van der Waals surface area (Å²) in [4.78, 5) is 0. The first-order valence-corrected chi connectivity index (χ1v) is 6.84. The molecule has 0 amide bonds. The van der Waals surface area contributed by atoms with Gasteiger partial charge >= 0.3 is 0 Å². The van der Waals surface area contributed by atoms with Crippen LogP contribution in [-0.2, 0) is 0 Å².